The largest absolute Gasteiger partial charge is 0.371 e. The van der Waals surface area contributed by atoms with Gasteiger partial charge in [0.1, 0.15) is 0 Å². The second kappa shape index (κ2) is 10.7. The van der Waals surface area contributed by atoms with Crippen LogP contribution in [0.25, 0.3) is 0 Å². The van der Waals surface area contributed by atoms with Crippen molar-refractivity contribution in [3.63, 3.8) is 0 Å². The molecule has 0 bridgehead atoms. The summed E-state index contributed by atoms with van der Waals surface area (Å²) in [6.07, 6.45) is 1.52. The van der Waals surface area contributed by atoms with Crippen molar-refractivity contribution in [3.8, 4) is 6.07 Å². The smallest absolute Gasteiger partial charge is 0.227 e. The van der Waals surface area contributed by atoms with E-state index < -0.39 is 5.92 Å². The molecule has 0 aliphatic carbocycles. The van der Waals surface area contributed by atoms with E-state index in [1.807, 2.05) is 49.4 Å². The lowest BCUT2D eigenvalue weighted by Crippen LogP contribution is -2.38. The van der Waals surface area contributed by atoms with Gasteiger partial charge in [-0.3, -0.25) is 4.79 Å². The minimum Gasteiger partial charge on any atom is -0.371 e. The Morgan fingerprint density at radius 3 is 2.38 bits per heavy atom. The van der Waals surface area contributed by atoms with Gasteiger partial charge in [0.25, 0.3) is 0 Å². The summed E-state index contributed by atoms with van der Waals surface area (Å²) >= 11 is 18.7. The highest BCUT2D eigenvalue weighted by molar-refractivity contribution is 6.32. The molecule has 4 rings (SSSR count). The monoisotopic (exact) mass is 511 g/mol. The predicted molar refractivity (Wildman–Crippen MR) is 140 cm³/mol. The fourth-order valence-corrected chi connectivity index (χ4v) is 4.93. The summed E-state index contributed by atoms with van der Waals surface area (Å²) in [6, 6.07) is 20.9. The number of nitriles is 1. The van der Waals surface area contributed by atoms with Gasteiger partial charge in [-0.25, -0.2) is 0 Å². The molecule has 1 atom stereocenters. The number of nitrogens with zero attached hydrogens (tertiary/aromatic N) is 2. The number of nitrogens with one attached hydrogen (secondary N) is 1. The topological polar surface area (TPSA) is 56.1 Å². The summed E-state index contributed by atoms with van der Waals surface area (Å²) in [6.45, 7) is 3.50. The Morgan fingerprint density at radius 2 is 1.74 bits per heavy atom. The number of benzene rings is 3. The van der Waals surface area contributed by atoms with Crippen LogP contribution in [0.5, 0.6) is 0 Å². The minimum absolute atomic E-state index is 0.00723. The molecular formula is C27H24Cl3N3O. The highest BCUT2D eigenvalue weighted by Gasteiger charge is 2.26. The number of piperidine rings is 1. The average molecular weight is 513 g/mol. The van der Waals surface area contributed by atoms with Crippen molar-refractivity contribution in [1.82, 2.24) is 0 Å². The van der Waals surface area contributed by atoms with Gasteiger partial charge in [-0.05, 0) is 72.9 Å². The molecule has 3 aromatic rings. The molecule has 0 saturated carbocycles. The van der Waals surface area contributed by atoms with E-state index >= 15 is 0 Å². The number of carbonyl (C=O) groups is 1. The van der Waals surface area contributed by atoms with E-state index in [9.17, 15) is 10.1 Å². The molecule has 0 spiro atoms. The molecule has 0 radical (unpaired) electrons. The van der Waals surface area contributed by atoms with Gasteiger partial charge in [0.2, 0.25) is 5.91 Å². The SMILES string of the molecule is Cc1cc(C(C#N)c2ccc(Cl)cc2)c(Cl)cc1NC(=O)C1CCN(c2cccc(Cl)c2)CC1. The third-order valence-electron chi connectivity index (χ3n) is 6.28. The molecule has 0 aromatic heterocycles. The molecule has 4 nitrogen and oxygen atoms in total. The van der Waals surface area contributed by atoms with Crippen LogP contribution in [0.4, 0.5) is 11.4 Å². The summed E-state index contributed by atoms with van der Waals surface area (Å²) in [4.78, 5) is 15.3. The number of hydrogen-bond acceptors (Lipinski definition) is 3. The number of carbonyl (C=O) groups excluding carboxylic acids is 1. The van der Waals surface area contributed by atoms with Gasteiger partial charge in [-0.15, -0.1) is 0 Å². The summed E-state index contributed by atoms with van der Waals surface area (Å²) < 4.78 is 0. The van der Waals surface area contributed by atoms with Crippen LogP contribution in [0.3, 0.4) is 0 Å². The van der Waals surface area contributed by atoms with Crippen molar-refractivity contribution in [3.05, 3.63) is 92.4 Å². The number of aryl methyl sites for hydroxylation is 1. The summed E-state index contributed by atoms with van der Waals surface area (Å²) in [5.41, 5.74) is 4.13. The summed E-state index contributed by atoms with van der Waals surface area (Å²) in [7, 11) is 0. The normalized spacial score (nSPS) is 15.0. The van der Waals surface area contributed by atoms with Crippen LogP contribution in [0.15, 0.2) is 60.7 Å². The Hall–Kier alpha value is -2.71. The Kier molecular flexibility index (Phi) is 7.68. The van der Waals surface area contributed by atoms with Crippen LogP contribution in [-0.4, -0.2) is 19.0 Å². The molecule has 1 unspecified atom stereocenters. The van der Waals surface area contributed by atoms with Gasteiger partial charge < -0.3 is 10.2 Å². The Morgan fingerprint density at radius 1 is 1.03 bits per heavy atom. The van der Waals surface area contributed by atoms with Gasteiger partial charge in [-0.1, -0.05) is 59.1 Å². The molecule has 7 heteroatoms. The van der Waals surface area contributed by atoms with Crippen LogP contribution in [0.1, 0.15) is 35.4 Å². The molecule has 34 heavy (non-hydrogen) atoms. The van der Waals surface area contributed by atoms with Crippen molar-refractivity contribution >= 4 is 52.1 Å². The molecular weight excluding hydrogens is 489 g/mol. The molecule has 1 aliphatic heterocycles. The third-order valence-corrected chi connectivity index (χ3v) is 7.10. The number of rotatable bonds is 5. The zero-order valence-electron chi connectivity index (χ0n) is 18.7. The summed E-state index contributed by atoms with van der Waals surface area (Å²) in [5, 5.41) is 14.6. The second-order valence-corrected chi connectivity index (χ2v) is 9.81. The molecule has 3 aromatic carbocycles. The summed E-state index contributed by atoms with van der Waals surface area (Å²) in [5.74, 6) is -0.606. The molecule has 1 amide bonds. The Bertz CT molecular complexity index is 1230. The van der Waals surface area contributed by atoms with E-state index in [1.165, 1.54) is 0 Å². The van der Waals surface area contributed by atoms with Crippen molar-refractivity contribution in [2.24, 2.45) is 5.92 Å². The standard InChI is InChI=1S/C27H24Cl3N3O/c1-17-13-23(24(16-31)18-5-7-20(28)8-6-18)25(30)15-26(17)32-27(34)19-9-11-33(12-10-19)22-4-2-3-21(29)14-22/h2-8,13-15,19,24H,9-12H2,1H3,(H,32,34). The van der Waals surface area contributed by atoms with E-state index in [2.05, 4.69) is 16.3 Å². The van der Waals surface area contributed by atoms with Gasteiger partial charge in [0.05, 0.1) is 12.0 Å². The van der Waals surface area contributed by atoms with Crippen LogP contribution in [0, 0.1) is 24.2 Å². The number of anilines is 2. The van der Waals surface area contributed by atoms with Gasteiger partial charge in [0, 0.05) is 45.5 Å². The van der Waals surface area contributed by atoms with E-state index in [4.69, 9.17) is 34.8 Å². The van der Waals surface area contributed by atoms with E-state index in [0.29, 0.717) is 26.3 Å². The lowest BCUT2D eigenvalue weighted by atomic mass is 9.91. The number of amides is 1. The highest BCUT2D eigenvalue weighted by Crippen LogP contribution is 2.35. The maximum atomic E-state index is 13.0. The fourth-order valence-electron chi connectivity index (χ4n) is 4.35. The quantitative estimate of drug-likeness (QED) is 0.386. The first-order valence-corrected chi connectivity index (χ1v) is 12.3. The number of halogens is 3. The Balaban J connectivity index is 1.44. The first-order chi connectivity index (χ1) is 16.4. The van der Waals surface area contributed by atoms with Crippen molar-refractivity contribution in [2.45, 2.75) is 25.7 Å². The minimum atomic E-state index is -0.524. The van der Waals surface area contributed by atoms with E-state index in [1.54, 1.807) is 18.2 Å². The first-order valence-electron chi connectivity index (χ1n) is 11.1. The predicted octanol–water partition coefficient (Wildman–Crippen LogP) is 7.47. The zero-order chi connectivity index (χ0) is 24.2. The van der Waals surface area contributed by atoms with Crippen LogP contribution >= 0.6 is 34.8 Å². The molecule has 1 fully saturated rings. The van der Waals surface area contributed by atoms with Crippen molar-refractivity contribution < 1.29 is 4.79 Å². The molecule has 1 N–H and O–H groups in total. The molecule has 1 aliphatic rings. The lowest BCUT2D eigenvalue weighted by molar-refractivity contribution is -0.120. The maximum absolute atomic E-state index is 13.0. The van der Waals surface area contributed by atoms with E-state index in [-0.39, 0.29) is 11.8 Å². The first kappa shape index (κ1) is 24.4. The van der Waals surface area contributed by atoms with Crippen LogP contribution in [0.2, 0.25) is 15.1 Å². The molecule has 1 saturated heterocycles. The van der Waals surface area contributed by atoms with Crippen LogP contribution in [-0.2, 0) is 4.79 Å². The average Bonchev–Trinajstić information content (AvgIpc) is 2.83. The zero-order valence-corrected chi connectivity index (χ0v) is 21.0. The lowest BCUT2D eigenvalue weighted by Gasteiger charge is -2.33. The van der Waals surface area contributed by atoms with Gasteiger partial charge >= 0.3 is 0 Å². The molecule has 1 heterocycles. The van der Waals surface area contributed by atoms with E-state index in [0.717, 1.165) is 42.7 Å². The van der Waals surface area contributed by atoms with Gasteiger partial charge in [-0.2, -0.15) is 5.26 Å². The Labute approximate surface area is 215 Å². The number of hydrogen-bond donors (Lipinski definition) is 1. The van der Waals surface area contributed by atoms with Crippen LogP contribution < -0.4 is 10.2 Å². The second-order valence-electron chi connectivity index (χ2n) is 8.53. The van der Waals surface area contributed by atoms with Crippen molar-refractivity contribution in [2.75, 3.05) is 23.3 Å². The maximum Gasteiger partial charge on any atom is 0.227 e. The third kappa shape index (κ3) is 5.50. The fraction of sp³-hybridized carbons (Fsp3) is 0.259. The highest BCUT2D eigenvalue weighted by atomic mass is 35.5. The van der Waals surface area contributed by atoms with Crippen molar-refractivity contribution in [1.29, 1.82) is 5.26 Å². The molecule has 174 valence electrons. The van der Waals surface area contributed by atoms with Gasteiger partial charge in [0.15, 0.2) is 0 Å².